The Bertz CT molecular complexity index is 697. The largest absolute Gasteiger partial charge is 0.373 e. The highest BCUT2D eigenvalue weighted by Crippen LogP contribution is 2.15. The molecule has 0 unspecified atom stereocenters. The van der Waals surface area contributed by atoms with E-state index in [-0.39, 0.29) is 6.54 Å². The predicted molar refractivity (Wildman–Crippen MR) is 77.9 cm³/mol. The number of nitrogens with one attached hydrogen (secondary N) is 1. The molecule has 0 aliphatic rings. The number of halogens is 1. The minimum Gasteiger partial charge on any atom is -0.373 e. The van der Waals surface area contributed by atoms with Gasteiger partial charge >= 0.3 is 11.2 Å². The lowest BCUT2D eigenvalue weighted by atomic mass is 10.2. The molecule has 0 aliphatic carbocycles. The van der Waals surface area contributed by atoms with Crippen molar-refractivity contribution in [2.24, 2.45) is 0 Å². The molecule has 0 fully saturated rings. The predicted octanol–water partition coefficient (Wildman–Crippen LogP) is 2.00. The van der Waals surface area contributed by atoms with Crippen LogP contribution in [0.15, 0.2) is 39.9 Å². The number of anilines is 1. The highest BCUT2D eigenvalue weighted by Gasteiger charge is 2.16. The second-order valence-electron chi connectivity index (χ2n) is 4.04. The van der Waals surface area contributed by atoms with Crippen LogP contribution in [0.5, 0.6) is 0 Å². The lowest BCUT2D eigenvalue weighted by Gasteiger charge is -2.07. The van der Waals surface area contributed by atoms with Crippen LogP contribution in [0.4, 0.5) is 11.5 Å². The number of pyridine rings is 2. The van der Waals surface area contributed by atoms with Gasteiger partial charge < -0.3 is 9.88 Å². The van der Waals surface area contributed by atoms with Crippen LogP contribution in [0.25, 0.3) is 0 Å². The summed E-state index contributed by atoms with van der Waals surface area (Å²) in [5, 5.41) is 13.7. The molecule has 0 spiro atoms. The van der Waals surface area contributed by atoms with Gasteiger partial charge in [0.2, 0.25) is 0 Å². The van der Waals surface area contributed by atoms with Crippen LogP contribution in [-0.2, 0) is 6.54 Å². The Labute approximate surface area is 122 Å². The SMILES string of the molecule is CNc1ccc(Cn2cc(Br)cc([N+](=O)[O-])c2=O)cn1. The summed E-state index contributed by atoms with van der Waals surface area (Å²) in [6.45, 7) is 0.218. The average Bonchev–Trinajstić information content (AvgIpc) is 2.43. The van der Waals surface area contributed by atoms with Crippen molar-refractivity contribution in [3.63, 3.8) is 0 Å². The molecule has 0 saturated heterocycles. The van der Waals surface area contributed by atoms with Gasteiger partial charge in [-0.1, -0.05) is 6.07 Å². The molecular formula is C12H11BrN4O3. The van der Waals surface area contributed by atoms with Gasteiger partial charge in [-0.15, -0.1) is 0 Å². The molecule has 0 amide bonds. The maximum Gasteiger partial charge on any atom is 0.335 e. The van der Waals surface area contributed by atoms with Crippen LogP contribution in [0.2, 0.25) is 0 Å². The summed E-state index contributed by atoms with van der Waals surface area (Å²) in [5.41, 5.74) is -0.325. The summed E-state index contributed by atoms with van der Waals surface area (Å²) in [6, 6.07) is 4.77. The third-order valence-corrected chi connectivity index (χ3v) is 3.10. The minimum absolute atomic E-state index is 0.218. The molecule has 104 valence electrons. The summed E-state index contributed by atoms with van der Waals surface area (Å²) >= 11 is 3.16. The summed E-state index contributed by atoms with van der Waals surface area (Å²) < 4.78 is 1.75. The fourth-order valence-corrected chi connectivity index (χ4v) is 2.16. The molecular weight excluding hydrogens is 328 g/mol. The lowest BCUT2D eigenvalue weighted by molar-refractivity contribution is -0.386. The molecule has 0 radical (unpaired) electrons. The minimum atomic E-state index is -0.689. The van der Waals surface area contributed by atoms with Crippen molar-refractivity contribution in [2.75, 3.05) is 12.4 Å². The van der Waals surface area contributed by atoms with E-state index in [1.54, 1.807) is 25.4 Å². The Hall–Kier alpha value is -2.22. The van der Waals surface area contributed by atoms with Crippen molar-refractivity contribution in [1.82, 2.24) is 9.55 Å². The van der Waals surface area contributed by atoms with E-state index in [2.05, 4.69) is 26.2 Å². The number of nitrogens with zero attached hydrogens (tertiary/aromatic N) is 3. The van der Waals surface area contributed by atoms with E-state index in [1.807, 2.05) is 0 Å². The van der Waals surface area contributed by atoms with Gasteiger partial charge in [0.05, 0.1) is 11.5 Å². The summed E-state index contributed by atoms with van der Waals surface area (Å²) in [7, 11) is 1.75. The molecule has 20 heavy (non-hydrogen) atoms. The van der Waals surface area contributed by atoms with Crippen molar-refractivity contribution >= 4 is 27.4 Å². The van der Waals surface area contributed by atoms with E-state index in [0.717, 1.165) is 5.56 Å². The molecule has 2 rings (SSSR count). The number of nitro groups is 1. The first kappa shape index (κ1) is 14.2. The molecule has 0 saturated carbocycles. The highest BCUT2D eigenvalue weighted by molar-refractivity contribution is 9.10. The maximum absolute atomic E-state index is 12.0. The van der Waals surface area contributed by atoms with E-state index in [4.69, 9.17) is 0 Å². The lowest BCUT2D eigenvalue weighted by Crippen LogP contribution is -2.22. The highest BCUT2D eigenvalue weighted by atomic mass is 79.9. The normalized spacial score (nSPS) is 10.3. The second-order valence-corrected chi connectivity index (χ2v) is 4.95. The van der Waals surface area contributed by atoms with Crippen molar-refractivity contribution in [1.29, 1.82) is 0 Å². The van der Waals surface area contributed by atoms with Crippen molar-refractivity contribution < 1.29 is 4.92 Å². The van der Waals surface area contributed by atoms with Gasteiger partial charge in [-0.3, -0.25) is 14.9 Å². The van der Waals surface area contributed by atoms with E-state index in [1.165, 1.54) is 16.8 Å². The maximum atomic E-state index is 12.0. The van der Waals surface area contributed by atoms with E-state index in [9.17, 15) is 14.9 Å². The third kappa shape index (κ3) is 3.02. The Balaban J connectivity index is 2.37. The van der Waals surface area contributed by atoms with Crippen molar-refractivity contribution in [3.8, 4) is 0 Å². The molecule has 2 aromatic heterocycles. The second kappa shape index (κ2) is 5.83. The monoisotopic (exact) mass is 338 g/mol. The van der Waals surface area contributed by atoms with Gasteiger partial charge in [0.1, 0.15) is 5.82 Å². The molecule has 2 heterocycles. The molecule has 0 bridgehead atoms. The van der Waals surface area contributed by atoms with Gasteiger partial charge in [0.15, 0.2) is 0 Å². The van der Waals surface area contributed by atoms with Gasteiger partial charge in [-0.25, -0.2) is 4.98 Å². The van der Waals surface area contributed by atoms with Gasteiger partial charge in [0.25, 0.3) is 0 Å². The Kier molecular flexibility index (Phi) is 4.14. The first-order valence-corrected chi connectivity index (χ1v) is 6.47. The van der Waals surface area contributed by atoms with Crippen LogP contribution >= 0.6 is 15.9 Å². The molecule has 8 heteroatoms. The van der Waals surface area contributed by atoms with Gasteiger partial charge in [0, 0.05) is 30.0 Å². The molecule has 0 aliphatic heterocycles. The quantitative estimate of drug-likeness (QED) is 0.680. The van der Waals surface area contributed by atoms with Crippen LogP contribution in [0, 0.1) is 10.1 Å². The molecule has 0 atom stereocenters. The third-order valence-electron chi connectivity index (χ3n) is 2.66. The van der Waals surface area contributed by atoms with E-state index >= 15 is 0 Å². The summed E-state index contributed by atoms with van der Waals surface area (Å²) in [6.07, 6.45) is 3.13. The topological polar surface area (TPSA) is 90.1 Å². The summed E-state index contributed by atoms with van der Waals surface area (Å²) in [5.74, 6) is 0.710. The van der Waals surface area contributed by atoms with Crippen LogP contribution < -0.4 is 10.9 Å². The smallest absolute Gasteiger partial charge is 0.335 e. The van der Waals surface area contributed by atoms with Crippen molar-refractivity contribution in [3.05, 3.63) is 61.1 Å². The Morgan fingerprint density at radius 2 is 2.25 bits per heavy atom. The number of hydrogen-bond acceptors (Lipinski definition) is 5. The molecule has 2 aromatic rings. The van der Waals surface area contributed by atoms with Gasteiger partial charge in [-0.05, 0) is 27.6 Å². The van der Waals surface area contributed by atoms with E-state index < -0.39 is 16.2 Å². The zero-order valence-corrected chi connectivity index (χ0v) is 12.1. The first-order chi connectivity index (χ1) is 9.51. The van der Waals surface area contributed by atoms with Crippen LogP contribution in [0.3, 0.4) is 0 Å². The molecule has 1 N–H and O–H groups in total. The molecule has 0 aromatic carbocycles. The van der Waals surface area contributed by atoms with Gasteiger partial charge in [-0.2, -0.15) is 0 Å². The zero-order valence-electron chi connectivity index (χ0n) is 10.5. The number of rotatable bonds is 4. The summed E-state index contributed by atoms with van der Waals surface area (Å²) in [4.78, 5) is 26.2. The zero-order chi connectivity index (χ0) is 14.7. The number of aromatic nitrogens is 2. The van der Waals surface area contributed by atoms with Crippen LogP contribution in [-0.4, -0.2) is 21.5 Å². The number of hydrogen-bond donors (Lipinski definition) is 1. The Morgan fingerprint density at radius 1 is 1.50 bits per heavy atom. The fourth-order valence-electron chi connectivity index (χ4n) is 1.70. The fraction of sp³-hybridized carbons (Fsp3) is 0.167. The standard InChI is InChI=1S/C12H11BrN4O3/c1-14-11-3-2-8(5-15-11)6-16-7-9(13)4-10(12(16)18)17(19)20/h2-5,7H,6H2,1H3,(H,14,15). The first-order valence-electron chi connectivity index (χ1n) is 5.68. The van der Waals surface area contributed by atoms with Crippen molar-refractivity contribution in [2.45, 2.75) is 6.54 Å². The Morgan fingerprint density at radius 3 is 2.80 bits per heavy atom. The van der Waals surface area contributed by atoms with Crippen LogP contribution in [0.1, 0.15) is 5.56 Å². The van der Waals surface area contributed by atoms with E-state index in [0.29, 0.717) is 10.3 Å². The molecule has 7 nitrogen and oxygen atoms in total. The average molecular weight is 339 g/mol.